The van der Waals surface area contributed by atoms with Crippen LogP contribution >= 0.6 is 12.6 Å². The first-order chi connectivity index (χ1) is 9.05. The Balaban J connectivity index is 4.63. The van der Waals surface area contributed by atoms with Crippen molar-refractivity contribution in [1.29, 1.82) is 0 Å². The fraction of sp³-hybridized carbons (Fsp3) is 0.857. The summed E-state index contributed by atoms with van der Waals surface area (Å²) < 4.78 is 5.19. The Morgan fingerprint density at radius 2 is 1.70 bits per heavy atom. The number of hydrogen-bond donors (Lipinski definition) is 3. The average Bonchev–Trinajstić information content (AvgIpc) is 2.24. The number of hydrogen-bond acceptors (Lipinski definition) is 4. The van der Waals surface area contributed by atoms with Crippen LogP contribution < -0.4 is 10.6 Å². The van der Waals surface area contributed by atoms with Crippen molar-refractivity contribution in [1.82, 2.24) is 10.6 Å². The summed E-state index contributed by atoms with van der Waals surface area (Å²) in [5.41, 5.74) is -0.582. The van der Waals surface area contributed by atoms with E-state index in [9.17, 15) is 9.59 Å². The molecule has 0 saturated carbocycles. The Morgan fingerprint density at radius 3 is 2.10 bits per heavy atom. The molecule has 6 heteroatoms. The summed E-state index contributed by atoms with van der Waals surface area (Å²) >= 11 is 4.13. The number of carbonyl (C=O) groups excluding carboxylic acids is 2. The van der Waals surface area contributed by atoms with Gasteiger partial charge in [-0.25, -0.2) is 4.79 Å². The van der Waals surface area contributed by atoms with E-state index in [1.807, 2.05) is 20.8 Å². The van der Waals surface area contributed by atoms with Crippen LogP contribution in [0.25, 0.3) is 0 Å². The molecule has 0 aliphatic rings. The predicted molar refractivity (Wildman–Crippen MR) is 84.1 cm³/mol. The Hall–Kier alpha value is -0.910. The third-order valence-corrected chi connectivity index (χ3v) is 2.92. The standard InChI is InChI=1S/C14H28N2O3S/c1-9(2)7-11(12(17)15-10(3)8-20)16-13(18)19-14(4,5)6/h9-11,20H,7-8H2,1-6H3,(H,15,17)(H,16,18)/t10-,11+/m1/s1. The summed E-state index contributed by atoms with van der Waals surface area (Å²) in [6.07, 6.45) is -0.0125. The summed E-state index contributed by atoms with van der Waals surface area (Å²) in [4.78, 5) is 23.9. The molecule has 2 N–H and O–H groups in total. The van der Waals surface area contributed by atoms with Gasteiger partial charge in [-0.3, -0.25) is 4.79 Å². The number of nitrogens with one attached hydrogen (secondary N) is 2. The largest absolute Gasteiger partial charge is 0.444 e. The molecule has 2 atom stereocenters. The van der Waals surface area contributed by atoms with Crippen LogP contribution in [0.5, 0.6) is 0 Å². The van der Waals surface area contributed by atoms with Gasteiger partial charge < -0.3 is 15.4 Å². The Bertz CT molecular complexity index is 327. The quantitative estimate of drug-likeness (QED) is 0.660. The first kappa shape index (κ1) is 19.1. The van der Waals surface area contributed by atoms with Crippen LogP contribution in [0, 0.1) is 5.92 Å². The van der Waals surface area contributed by atoms with E-state index < -0.39 is 17.7 Å². The highest BCUT2D eigenvalue weighted by atomic mass is 32.1. The summed E-state index contributed by atoms with van der Waals surface area (Å²) in [5.74, 6) is 0.630. The molecule has 0 fully saturated rings. The lowest BCUT2D eigenvalue weighted by atomic mass is 10.0. The lowest BCUT2D eigenvalue weighted by Crippen LogP contribution is -2.51. The van der Waals surface area contributed by atoms with Gasteiger partial charge in [0.15, 0.2) is 0 Å². The van der Waals surface area contributed by atoms with Crippen LogP contribution in [0.2, 0.25) is 0 Å². The summed E-state index contributed by atoms with van der Waals surface area (Å²) in [6, 6.07) is -0.631. The predicted octanol–water partition coefficient (Wildman–Crippen LogP) is 2.36. The maximum absolute atomic E-state index is 12.1. The molecule has 0 aromatic heterocycles. The lowest BCUT2D eigenvalue weighted by Gasteiger charge is -2.25. The Labute approximate surface area is 127 Å². The van der Waals surface area contributed by atoms with Crippen molar-refractivity contribution in [2.45, 2.75) is 65.6 Å². The molecule has 0 heterocycles. The number of carbonyl (C=O) groups is 2. The normalized spacial score (nSPS) is 14.6. The molecular weight excluding hydrogens is 276 g/mol. The molecule has 2 amide bonds. The molecule has 0 aliphatic carbocycles. The van der Waals surface area contributed by atoms with E-state index in [1.54, 1.807) is 20.8 Å². The molecule has 5 nitrogen and oxygen atoms in total. The van der Waals surface area contributed by atoms with Crippen molar-refractivity contribution in [2.24, 2.45) is 5.92 Å². The Kier molecular flexibility index (Phi) is 8.01. The molecule has 0 spiro atoms. The van der Waals surface area contributed by atoms with E-state index in [-0.39, 0.29) is 17.9 Å². The minimum absolute atomic E-state index is 0.0408. The molecular formula is C14H28N2O3S. The zero-order chi connectivity index (χ0) is 15.9. The highest BCUT2D eigenvalue weighted by Crippen LogP contribution is 2.09. The highest BCUT2D eigenvalue weighted by Gasteiger charge is 2.25. The second-order valence-electron chi connectivity index (χ2n) is 6.42. The number of ether oxygens (including phenoxy) is 1. The van der Waals surface area contributed by atoms with Gasteiger partial charge in [0.2, 0.25) is 5.91 Å². The van der Waals surface area contributed by atoms with Gasteiger partial charge in [-0.2, -0.15) is 12.6 Å². The highest BCUT2D eigenvalue weighted by molar-refractivity contribution is 7.80. The van der Waals surface area contributed by atoms with E-state index >= 15 is 0 Å². The lowest BCUT2D eigenvalue weighted by molar-refractivity contribution is -0.124. The summed E-state index contributed by atoms with van der Waals surface area (Å²) in [7, 11) is 0. The van der Waals surface area contributed by atoms with Crippen molar-refractivity contribution in [3.63, 3.8) is 0 Å². The monoisotopic (exact) mass is 304 g/mol. The van der Waals surface area contributed by atoms with Gasteiger partial charge in [-0.15, -0.1) is 0 Å². The van der Waals surface area contributed by atoms with Crippen molar-refractivity contribution in [3.8, 4) is 0 Å². The van der Waals surface area contributed by atoms with Gasteiger partial charge in [0.05, 0.1) is 0 Å². The zero-order valence-corrected chi connectivity index (χ0v) is 14.2. The SMILES string of the molecule is CC(C)C[C@H](NC(=O)OC(C)(C)C)C(=O)N[C@H](C)CS. The van der Waals surface area contributed by atoms with Crippen molar-refractivity contribution in [3.05, 3.63) is 0 Å². The third-order valence-electron chi connectivity index (χ3n) is 2.38. The molecule has 0 rings (SSSR count). The first-order valence-corrected chi connectivity index (χ1v) is 7.59. The van der Waals surface area contributed by atoms with Crippen molar-refractivity contribution < 1.29 is 14.3 Å². The van der Waals surface area contributed by atoms with Gasteiger partial charge in [0.1, 0.15) is 11.6 Å². The fourth-order valence-electron chi connectivity index (χ4n) is 1.54. The molecule has 0 radical (unpaired) electrons. The summed E-state index contributed by atoms with van der Waals surface area (Å²) in [6.45, 7) is 11.2. The molecule has 0 saturated heterocycles. The molecule has 20 heavy (non-hydrogen) atoms. The van der Waals surface area contributed by atoms with E-state index in [0.717, 1.165) is 0 Å². The van der Waals surface area contributed by atoms with Crippen LogP contribution in [-0.2, 0) is 9.53 Å². The van der Waals surface area contributed by atoms with Crippen LogP contribution in [0.1, 0.15) is 48.0 Å². The number of alkyl carbamates (subject to hydrolysis) is 1. The molecule has 0 aromatic rings. The molecule has 0 aromatic carbocycles. The zero-order valence-electron chi connectivity index (χ0n) is 13.3. The van der Waals surface area contributed by atoms with Crippen LogP contribution in [-0.4, -0.2) is 35.4 Å². The minimum atomic E-state index is -0.591. The molecule has 118 valence electrons. The number of thiol groups is 1. The molecule has 0 unspecified atom stereocenters. The molecule has 0 bridgehead atoms. The topological polar surface area (TPSA) is 67.4 Å². The second-order valence-corrected chi connectivity index (χ2v) is 6.79. The van der Waals surface area contributed by atoms with Crippen molar-refractivity contribution in [2.75, 3.05) is 5.75 Å². The van der Waals surface area contributed by atoms with E-state index in [2.05, 4.69) is 23.3 Å². The van der Waals surface area contributed by atoms with E-state index in [1.165, 1.54) is 0 Å². The maximum atomic E-state index is 12.1. The van der Waals surface area contributed by atoms with Crippen LogP contribution in [0.15, 0.2) is 0 Å². The Morgan fingerprint density at radius 1 is 1.15 bits per heavy atom. The third kappa shape index (κ3) is 9.07. The van der Waals surface area contributed by atoms with Gasteiger partial charge in [0, 0.05) is 11.8 Å². The number of rotatable bonds is 6. The van der Waals surface area contributed by atoms with Crippen LogP contribution in [0.4, 0.5) is 4.79 Å². The second kappa shape index (κ2) is 8.39. The van der Waals surface area contributed by atoms with Gasteiger partial charge in [0.25, 0.3) is 0 Å². The van der Waals surface area contributed by atoms with E-state index in [4.69, 9.17) is 4.74 Å². The average molecular weight is 304 g/mol. The van der Waals surface area contributed by atoms with Crippen LogP contribution in [0.3, 0.4) is 0 Å². The smallest absolute Gasteiger partial charge is 0.408 e. The summed E-state index contributed by atoms with van der Waals surface area (Å²) in [5, 5.41) is 5.45. The maximum Gasteiger partial charge on any atom is 0.408 e. The van der Waals surface area contributed by atoms with Crippen molar-refractivity contribution >= 4 is 24.6 Å². The fourth-order valence-corrected chi connectivity index (χ4v) is 1.63. The minimum Gasteiger partial charge on any atom is -0.444 e. The first-order valence-electron chi connectivity index (χ1n) is 6.96. The number of amides is 2. The van der Waals surface area contributed by atoms with E-state index in [0.29, 0.717) is 12.2 Å². The van der Waals surface area contributed by atoms with Gasteiger partial charge in [-0.05, 0) is 40.0 Å². The van der Waals surface area contributed by atoms with Gasteiger partial charge in [-0.1, -0.05) is 13.8 Å². The molecule has 0 aliphatic heterocycles. The van der Waals surface area contributed by atoms with Gasteiger partial charge >= 0.3 is 6.09 Å².